The largest absolute Gasteiger partial charge is 0.485 e. The van der Waals surface area contributed by atoms with E-state index < -0.39 is 11.6 Å². The van der Waals surface area contributed by atoms with Crippen molar-refractivity contribution in [1.29, 1.82) is 0 Å². The lowest BCUT2D eigenvalue weighted by Gasteiger charge is -2.23. The minimum atomic E-state index is -0.749. The predicted octanol–water partition coefficient (Wildman–Crippen LogP) is 4.98. The quantitative estimate of drug-likeness (QED) is 0.355. The number of nitrogens with one attached hydrogen (secondary N) is 1. The van der Waals surface area contributed by atoms with Gasteiger partial charge in [-0.15, -0.1) is 10.2 Å². The summed E-state index contributed by atoms with van der Waals surface area (Å²) in [5, 5.41) is 8.43. The molecule has 0 bridgehead atoms. The molecule has 5 aromatic rings. The van der Waals surface area contributed by atoms with Crippen molar-refractivity contribution in [2.45, 2.75) is 25.5 Å². The number of ether oxygens (including phenoxy) is 1. The number of hydrogen-bond acceptors (Lipinski definition) is 5. The first kappa shape index (κ1) is 22.8. The molecular weight excluding hydrogens is 478 g/mol. The summed E-state index contributed by atoms with van der Waals surface area (Å²) in [7, 11) is 0. The van der Waals surface area contributed by atoms with E-state index in [0.717, 1.165) is 47.9 Å². The maximum absolute atomic E-state index is 13.8. The number of amides is 1. The molecule has 1 fully saturated rings. The second kappa shape index (κ2) is 9.45. The molecule has 6 rings (SSSR count). The summed E-state index contributed by atoms with van der Waals surface area (Å²) >= 11 is 0. The summed E-state index contributed by atoms with van der Waals surface area (Å²) in [4.78, 5) is 23.6. The van der Waals surface area contributed by atoms with Crippen LogP contribution in [0.3, 0.4) is 0 Å². The SMILES string of the molecule is O=C(c1nnc(COc2cc(F)cc(F)c2)n1-c1ccccc1)N1CCC[C@@H]1c1nc2ccccc2[nH]1. The van der Waals surface area contributed by atoms with Crippen molar-refractivity contribution >= 4 is 16.9 Å². The van der Waals surface area contributed by atoms with Crippen molar-refractivity contribution < 1.29 is 18.3 Å². The summed E-state index contributed by atoms with van der Waals surface area (Å²) in [6.45, 7) is 0.404. The van der Waals surface area contributed by atoms with Crippen LogP contribution in [0.2, 0.25) is 0 Å². The molecule has 1 saturated heterocycles. The third-order valence-corrected chi connectivity index (χ3v) is 6.38. The van der Waals surface area contributed by atoms with Crippen molar-refractivity contribution in [2.75, 3.05) is 6.54 Å². The molecule has 1 atom stereocenters. The molecule has 0 spiro atoms. The van der Waals surface area contributed by atoms with Crippen molar-refractivity contribution in [3.8, 4) is 11.4 Å². The maximum Gasteiger partial charge on any atom is 0.292 e. The highest BCUT2D eigenvalue weighted by atomic mass is 19.1. The first-order valence-corrected chi connectivity index (χ1v) is 11.9. The van der Waals surface area contributed by atoms with Crippen LogP contribution < -0.4 is 4.74 Å². The Bertz CT molecular complexity index is 1530. The van der Waals surface area contributed by atoms with E-state index in [9.17, 15) is 13.6 Å². The number of benzene rings is 3. The minimum Gasteiger partial charge on any atom is -0.485 e. The lowest BCUT2D eigenvalue weighted by atomic mass is 10.2. The van der Waals surface area contributed by atoms with Crippen LogP contribution in [0, 0.1) is 11.6 Å². The Kier molecular flexibility index (Phi) is 5.84. The Balaban J connectivity index is 1.33. The number of rotatable bonds is 6. The average molecular weight is 501 g/mol. The summed E-state index contributed by atoms with van der Waals surface area (Å²) < 4.78 is 34.5. The molecule has 1 amide bonds. The second-order valence-corrected chi connectivity index (χ2v) is 8.80. The van der Waals surface area contributed by atoms with Gasteiger partial charge in [0.1, 0.15) is 29.8 Å². The number of para-hydroxylation sites is 3. The van der Waals surface area contributed by atoms with E-state index in [1.807, 2.05) is 54.6 Å². The molecule has 0 radical (unpaired) electrons. The number of nitrogens with zero attached hydrogens (tertiary/aromatic N) is 5. The lowest BCUT2D eigenvalue weighted by Crippen LogP contribution is -2.33. The van der Waals surface area contributed by atoms with Gasteiger partial charge in [-0.3, -0.25) is 9.36 Å². The average Bonchev–Trinajstić information content (AvgIpc) is 3.65. The summed E-state index contributed by atoms with van der Waals surface area (Å²) in [6.07, 6.45) is 1.60. The molecule has 0 saturated carbocycles. The number of carbonyl (C=O) groups excluding carboxylic acids is 1. The third kappa shape index (κ3) is 4.42. The number of aromatic amines is 1. The molecule has 3 aromatic carbocycles. The van der Waals surface area contributed by atoms with Crippen molar-refractivity contribution in [2.24, 2.45) is 0 Å². The summed E-state index contributed by atoms with van der Waals surface area (Å²) in [6, 6.07) is 19.6. The summed E-state index contributed by atoms with van der Waals surface area (Å²) in [5.74, 6) is -0.603. The Morgan fingerprint density at radius 3 is 2.54 bits per heavy atom. The molecule has 2 aromatic heterocycles. The highest BCUT2D eigenvalue weighted by Gasteiger charge is 2.35. The zero-order valence-electron chi connectivity index (χ0n) is 19.6. The van der Waals surface area contributed by atoms with E-state index in [2.05, 4.69) is 15.2 Å². The standard InChI is InChI=1S/C27H22F2N6O2/c28-17-13-18(29)15-20(14-17)37-16-24-32-33-26(35(24)19-7-2-1-3-8-19)27(36)34-12-6-11-23(34)25-30-21-9-4-5-10-22(21)31-25/h1-5,7-10,13-15,23H,6,11-12,16H2,(H,30,31)/t23-/m1/s1. The van der Waals surface area contributed by atoms with Gasteiger partial charge in [-0.2, -0.15) is 0 Å². The minimum absolute atomic E-state index is 0.0116. The third-order valence-electron chi connectivity index (χ3n) is 6.38. The number of halogens is 2. The van der Waals surface area contributed by atoms with Crippen LogP contribution in [0.4, 0.5) is 8.78 Å². The summed E-state index contributed by atoms with van der Waals surface area (Å²) in [5.41, 5.74) is 2.43. The van der Waals surface area contributed by atoms with Crippen LogP contribution in [0.1, 0.15) is 41.2 Å². The monoisotopic (exact) mass is 500 g/mol. The van der Waals surface area contributed by atoms with Crippen molar-refractivity contribution in [3.63, 3.8) is 0 Å². The Labute approximate surface area is 210 Å². The van der Waals surface area contributed by atoms with Crippen LogP contribution >= 0.6 is 0 Å². The van der Waals surface area contributed by atoms with E-state index in [1.54, 1.807) is 9.47 Å². The van der Waals surface area contributed by atoms with Crippen LogP contribution in [-0.2, 0) is 6.61 Å². The van der Waals surface area contributed by atoms with Gasteiger partial charge in [0.2, 0.25) is 5.82 Å². The molecule has 1 aliphatic rings. The van der Waals surface area contributed by atoms with Gasteiger partial charge in [0.25, 0.3) is 5.91 Å². The van der Waals surface area contributed by atoms with Gasteiger partial charge in [0.15, 0.2) is 5.82 Å². The lowest BCUT2D eigenvalue weighted by molar-refractivity contribution is 0.0715. The normalized spacial score (nSPS) is 15.4. The van der Waals surface area contributed by atoms with Crippen molar-refractivity contribution in [3.05, 3.63) is 102 Å². The molecule has 10 heteroatoms. The first-order valence-electron chi connectivity index (χ1n) is 11.9. The first-order chi connectivity index (χ1) is 18.1. The number of carbonyl (C=O) groups is 1. The van der Waals surface area contributed by atoms with E-state index in [4.69, 9.17) is 9.72 Å². The predicted molar refractivity (Wildman–Crippen MR) is 131 cm³/mol. The van der Waals surface area contributed by atoms with Crippen LogP contribution in [0.15, 0.2) is 72.8 Å². The van der Waals surface area contributed by atoms with E-state index in [1.165, 1.54) is 0 Å². The number of hydrogen-bond donors (Lipinski definition) is 1. The fourth-order valence-corrected chi connectivity index (χ4v) is 4.71. The zero-order valence-corrected chi connectivity index (χ0v) is 19.6. The zero-order chi connectivity index (χ0) is 25.4. The fourth-order valence-electron chi connectivity index (χ4n) is 4.71. The number of fused-ring (bicyclic) bond motifs is 1. The number of likely N-dealkylation sites (tertiary alicyclic amines) is 1. The Morgan fingerprint density at radius 1 is 1.00 bits per heavy atom. The van der Waals surface area contributed by atoms with Gasteiger partial charge in [-0.25, -0.2) is 13.8 Å². The Hall–Kier alpha value is -4.60. The smallest absolute Gasteiger partial charge is 0.292 e. The molecule has 0 aliphatic carbocycles. The highest BCUT2D eigenvalue weighted by Crippen LogP contribution is 2.33. The van der Waals surface area contributed by atoms with Gasteiger partial charge in [0, 0.05) is 30.4 Å². The Morgan fingerprint density at radius 2 is 1.76 bits per heavy atom. The van der Waals surface area contributed by atoms with Crippen molar-refractivity contribution in [1.82, 2.24) is 29.6 Å². The van der Waals surface area contributed by atoms with Gasteiger partial charge < -0.3 is 14.6 Å². The second-order valence-electron chi connectivity index (χ2n) is 8.80. The van der Waals surface area contributed by atoms with E-state index in [-0.39, 0.29) is 30.1 Å². The number of aromatic nitrogens is 5. The van der Waals surface area contributed by atoms with Crippen LogP contribution in [-0.4, -0.2) is 42.1 Å². The van der Waals surface area contributed by atoms with Gasteiger partial charge in [-0.1, -0.05) is 30.3 Å². The topological polar surface area (TPSA) is 88.9 Å². The highest BCUT2D eigenvalue weighted by molar-refractivity contribution is 5.92. The number of imidazole rings is 1. The molecule has 1 aliphatic heterocycles. The maximum atomic E-state index is 13.8. The molecule has 186 valence electrons. The van der Waals surface area contributed by atoms with Gasteiger partial charge in [-0.05, 0) is 37.1 Å². The molecule has 1 N–H and O–H groups in total. The van der Waals surface area contributed by atoms with E-state index in [0.29, 0.717) is 18.1 Å². The fraction of sp³-hybridized carbons (Fsp3) is 0.185. The molecule has 3 heterocycles. The van der Waals surface area contributed by atoms with Crippen LogP contribution in [0.5, 0.6) is 5.75 Å². The van der Waals surface area contributed by atoms with E-state index >= 15 is 0 Å². The van der Waals surface area contributed by atoms with Gasteiger partial charge >= 0.3 is 0 Å². The molecular formula is C27H22F2N6O2. The van der Waals surface area contributed by atoms with Crippen LogP contribution in [0.25, 0.3) is 16.7 Å². The van der Waals surface area contributed by atoms with Gasteiger partial charge in [0.05, 0.1) is 17.1 Å². The molecule has 0 unspecified atom stereocenters. The molecule has 8 nitrogen and oxygen atoms in total. The number of H-pyrrole nitrogens is 1. The molecule has 37 heavy (non-hydrogen) atoms.